The van der Waals surface area contributed by atoms with Crippen LogP contribution in [-0.4, -0.2) is 34.3 Å². The maximum absolute atomic E-state index is 12.3. The van der Waals surface area contributed by atoms with Crippen LogP contribution >= 0.6 is 0 Å². The van der Waals surface area contributed by atoms with E-state index in [1.165, 1.54) is 19.2 Å². The Hall–Kier alpha value is -2.69. The molecule has 0 unspecified atom stereocenters. The number of para-hydroxylation sites is 1. The van der Waals surface area contributed by atoms with Gasteiger partial charge in [-0.2, -0.15) is 4.72 Å². The molecule has 0 aromatic heterocycles. The van der Waals surface area contributed by atoms with E-state index in [2.05, 4.69) is 16.6 Å². The third-order valence-corrected chi connectivity index (χ3v) is 5.58. The van der Waals surface area contributed by atoms with E-state index in [4.69, 9.17) is 14.2 Å². The lowest BCUT2D eigenvalue weighted by atomic mass is 10.0. The Morgan fingerprint density at radius 2 is 1.96 bits per heavy atom. The zero-order chi connectivity index (χ0) is 20.2. The van der Waals surface area contributed by atoms with Crippen molar-refractivity contribution in [1.82, 2.24) is 4.72 Å². The first-order chi connectivity index (χ1) is 13.3. The molecule has 1 aliphatic rings. The third kappa shape index (κ3) is 4.77. The van der Waals surface area contributed by atoms with Crippen LogP contribution in [0.4, 0.5) is 0 Å². The lowest BCUT2D eigenvalue weighted by molar-refractivity contribution is 0.133. The smallest absolute Gasteiger partial charge is 0.241 e. The van der Waals surface area contributed by atoms with Crippen LogP contribution in [-0.2, 0) is 16.4 Å². The van der Waals surface area contributed by atoms with Gasteiger partial charge in [0, 0.05) is 18.1 Å². The number of hydrogen-bond acceptors (Lipinski definition) is 5. The van der Waals surface area contributed by atoms with Gasteiger partial charge >= 0.3 is 0 Å². The summed E-state index contributed by atoms with van der Waals surface area (Å²) in [7, 11) is -2.16. The molecule has 28 heavy (non-hydrogen) atoms. The van der Waals surface area contributed by atoms with Crippen LogP contribution in [0.25, 0.3) is 0 Å². The molecular weight excluding hydrogens is 378 g/mol. The lowest BCUT2D eigenvalue weighted by Gasteiger charge is -2.17. The highest BCUT2D eigenvalue weighted by molar-refractivity contribution is 7.89. The maximum atomic E-state index is 12.3. The minimum absolute atomic E-state index is 0.0146. The monoisotopic (exact) mass is 401 g/mol. The zero-order valence-electron chi connectivity index (χ0n) is 16.1. The van der Waals surface area contributed by atoms with E-state index < -0.39 is 10.0 Å². The molecule has 3 rings (SSSR count). The molecule has 0 amide bonds. The summed E-state index contributed by atoms with van der Waals surface area (Å²) in [5.41, 5.74) is 0.868. The Kier molecular flexibility index (Phi) is 5.82. The second-order valence-electron chi connectivity index (χ2n) is 6.93. The van der Waals surface area contributed by atoms with E-state index >= 15 is 0 Å². The Balaban J connectivity index is 1.54. The van der Waals surface area contributed by atoms with Crippen LogP contribution < -0.4 is 18.9 Å². The summed E-state index contributed by atoms with van der Waals surface area (Å²) >= 11 is 0. The van der Waals surface area contributed by atoms with Crippen molar-refractivity contribution >= 4 is 10.0 Å². The molecule has 1 aliphatic heterocycles. The van der Waals surface area contributed by atoms with Gasteiger partial charge in [0.2, 0.25) is 10.0 Å². The Bertz CT molecular complexity index is 1020. The topological polar surface area (TPSA) is 73.9 Å². The molecule has 6 nitrogen and oxygen atoms in total. The third-order valence-electron chi connectivity index (χ3n) is 4.18. The minimum atomic E-state index is -3.65. The normalized spacial score (nSPS) is 14.4. The molecule has 0 saturated heterocycles. The maximum Gasteiger partial charge on any atom is 0.241 e. The fourth-order valence-corrected chi connectivity index (χ4v) is 3.87. The highest BCUT2D eigenvalue weighted by Gasteiger charge is 2.32. The van der Waals surface area contributed by atoms with Crippen LogP contribution in [0.3, 0.4) is 0 Å². The van der Waals surface area contributed by atoms with Crippen molar-refractivity contribution in [2.24, 2.45) is 0 Å². The van der Waals surface area contributed by atoms with Gasteiger partial charge in [-0.05, 0) is 32.0 Å². The summed E-state index contributed by atoms with van der Waals surface area (Å²) in [4.78, 5) is 0.129. The predicted molar refractivity (Wildman–Crippen MR) is 106 cm³/mol. The van der Waals surface area contributed by atoms with Crippen LogP contribution in [0.15, 0.2) is 47.4 Å². The lowest BCUT2D eigenvalue weighted by Crippen LogP contribution is -2.24. The number of methoxy groups -OCH3 is 1. The molecule has 0 radical (unpaired) electrons. The van der Waals surface area contributed by atoms with Gasteiger partial charge in [0.15, 0.2) is 11.5 Å². The second-order valence-corrected chi connectivity index (χ2v) is 8.70. The number of benzene rings is 2. The van der Waals surface area contributed by atoms with E-state index in [9.17, 15) is 8.42 Å². The highest BCUT2D eigenvalue weighted by atomic mass is 32.2. The Morgan fingerprint density at radius 3 is 2.75 bits per heavy atom. The van der Waals surface area contributed by atoms with Crippen LogP contribution in [0.1, 0.15) is 19.4 Å². The van der Waals surface area contributed by atoms with Crippen LogP contribution in [0.5, 0.6) is 17.2 Å². The number of ether oxygens (including phenoxy) is 3. The molecule has 0 saturated carbocycles. The highest BCUT2D eigenvalue weighted by Crippen LogP contribution is 2.41. The summed E-state index contributed by atoms with van der Waals surface area (Å²) in [5, 5.41) is 0. The average molecular weight is 401 g/mol. The molecule has 1 N–H and O–H groups in total. The van der Waals surface area contributed by atoms with Crippen LogP contribution in [0.2, 0.25) is 0 Å². The molecular formula is C21H23NO5S. The fraction of sp³-hybridized carbons (Fsp3) is 0.333. The van der Waals surface area contributed by atoms with Gasteiger partial charge in [-0.15, -0.1) is 0 Å². The number of hydrogen-bond donors (Lipinski definition) is 1. The van der Waals surface area contributed by atoms with E-state index in [1.807, 2.05) is 32.0 Å². The number of fused-ring (bicyclic) bond motifs is 1. The van der Waals surface area contributed by atoms with Gasteiger partial charge in [0.05, 0.1) is 18.6 Å². The summed E-state index contributed by atoms with van der Waals surface area (Å²) in [6.07, 6.45) is 0.831. The van der Waals surface area contributed by atoms with Gasteiger partial charge in [-0.3, -0.25) is 0 Å². The standard InChI is InChI=1S/C21H23NO5S/c1-21(2)15-16-8-6-11-19(20(16)27-21)26-13-5-4-12-22-28(23,24)18-10-7-9-17(14-18)25-3/h6-11,14,22H,12-13,15H2,1-3H3. The van der Waals surface area contributed by atoms with E-state index in [1.54, 1.807) is 12.1 Å². The SMILES string of the molecule is COc1cccc(S(=O)(=O)NCC#CCOc2cccc3c2OC(C)(C)C3)c1. The molecule has 0 fully saturated rings. The van der Waals surface area contributed by atoms with Crippen molar-refractivity contribution in [1.29, 1.82) is 0 Å². The molecule has 2 aromatic carbocycles. The number of nitrogens with one attached hydrogen (secondary N) is 1. The quantitative estimate of drug-likeness (QED) is 0.754. The Morgan fingerprint density at radius 1 is 1.18 bits per heavy atom. The molecule has 2 aromatic rings. The summed E-state index contributed by atoms with van der Waals surface area (Å²) in [6, 6.07) is 12.0. The zero-order valence-corrected chi connectivity index (χ0v) is 16.9. The number of sulfonamides is 1. The average Bonchev–Trinajstić information content (AvgIpc) is 2.99. The van der Waals surface area contributed by atoms with Crippen molar-refractivity contribution in [2.45, 2.75) is 30.8 Å². The van der Waals surface area contributed by atoms with Crippen molar-refractivity contribution in [3.63, 3.8) is 0 Å². The van der Waals surface area contributed by atoms with Crippen LogP contribution in [0, 0.1) is 11.8 Å². The van der Waals surface area contributed by atoms with Gasteiger partial charge in [0.1, 0.15) is 18.0 Å². The molecule has 0 aliphatic carbocycles. The van der Waals surface area contributed by atoms with E-state index in [0.717, 1.165) is 17.7 Å². The Labute approximate surface area is 165 Å². The summed E-state index contributed by atoms with van der Waals surface area (Å²) < 4.78 is 43.6. The molecule has 0 atom stereocenters. The first kappa shape index (κ1) is 20.1. The van der Waals surface area contributed by atoms with Crippen molar-refractivity contribution in [3.05, 3.63) is 48.0 Å². The van der Waals surface area contributed by atoms with E-state index in [-0.39, 0.29) is 23.6 Å². The van der Waals surface area contributed by atoms with Gasteiger partial charge < -0.3 is 14.2 Å². The largest absolute Gasteiger partial charge is 0.497 e. The van der Waals surface area contributed by atoms with Crippen molar-refractivity contribution in [2.75, 3.05) is 20.3 Å². The first-order valence-electron chi connectivity index (χ1n) is 8.84. The van der Waals surface area contributed by atoms with Gasteiger partial charge in [0.25, 0.3) is 0 Å². The molecule has 1 heterocycles. The van der Waals surface area contributed by atoms with Crippen molar-refractivity contribution in [3.8, 4) is 29.1 Å². The van der Waals surface area contributed by atoms with Gasteiger partial charge in [-0.1, -0.05) is 30.0 Å². The summed E-state index contributed by atoms with van der Waals surface area (Å²) in [5.74, 6) is 7.45. The fourth-order valence-electron chi connectivity index (χ4n) is 2.91. The van der Waals surface area contributed by atoms with Gasteiger partial charge in [-0.25, -0.2) is 8.42 Å². The molecule has 0 bridgehead atoms. The molecule has 0 spiro atoms. The number of rotatable bonds is 6. The first-order valence-corrected chi connectivity index (χ1v) is 10.3. The summed E-state index contributed by atoms with van der Waals surface area (Å²) in [6.45, 7) is 4.19. The molecule has 7 heteroatoms. The van der Waals surface area contributed by atoms with E-state index in [0.29, 0.717) is 11.5 Å². The molecule has 148 valence electrons. The van der Waals surface area contributed by atoms with Crippen molar-refractivity contribution < 1.29 is 22.6 Å². The second kappa shape index (κ2) is 8.13. The minimum Gasteiger partial charge on any atom is -0.497 e. The predicted octanol–water partition coefficient (Wildman–Crippen LogP) is 2.77.